The average Bonchev–Trinajstić information content (AvgIpc) is 2.38. The second-order valence-electron chi connectivity index (χ2n) is 5.83. The van der Waals surface area contributed by atoms with E-state index >= 15 is 0 Å². The highest BCUT2D eigenvalue weighted by molar-refractivity contribution is 5.86. The summed E-state index contributed by atoms with van der Waals surface area (Å²) in [7, 11) is 1.98. The third-order valence-electron chi connectivity index (χ3n) is 3.23. The van der Waals surface area contributed by atoms with Gasteiger partial charge in [0.2, 0.25) is 0 Å². The van der Waals surface area contributed by atoms with E-state index in [1.807, 2.05) is 7.05 Å². The molecule has 2 aromatic carbocycles. The molecule has 2 rings (SSSR count). The Kier molecular flexibility index (Phi) is 4.23. The number of hydrogen-bond acceptors (Lipinski definition) is 2. The number of likely N-dealkylation sites (N-methyl/N-ethyl adjacent to an activating group) is 1. The van der Waals surface area contributed by atoms with Crippen LogP contribution >= 0.6 is 0 Å². The van der Waals surface area contributed by atoms with Crippen LogP contribution in [0.1, 0.15) is 32.4 Å². The van der Waals surface area contributed by atoms with Crippen LogP contribution in [0.2, 0.25) is 0 Å². The van der Waals surface area contributed by atoms with Crippen molar-refractivity contribution in [1.82, 2.24) is 5.32 Å². The molecule has 0 fully saturated rings. The zero-order valence-corrected chi connectivity index (χ0v) is 12.2. The van der Waals surface area contributed by atoms with E-state index < -0.39 is 0 Å². The third kappa shape index (κ3) is 3.55. The molecule has 0 radical (unpaired) electrons. The SMILES string of the molecule is CNC(COC(C)(C)C)c1cccc2ccccc12. The first-order chi connectivity index (χ1) is 9.01. The molecule has 19 heavy (non-hydrogen) atoms. The van der Waals surface area contributed by atoms with Crippen molar-refractivity contribution in [1.29, 1.82) is 0 Å². The van der Waals surface area contributed by atoms with Crippen molar-refractivity contribution in [3.05, 3.63) is 48.0 Å². The molecule has 1 atom stereocenters. The molecule has 0 bridgehead atoms. The van der Waals surface area contributed by atoms with Gasteiger partial charge in [0.25, 0.3) is 0 Å². The van der Waals surface area contributed by atoms with E-state index in [0.29, 0.717) is 6.61 Å². The molecule has 0 heterocycles. The molecular formula is C17H23NO. The van der Waals surface area contributed by atoms with Crippen LogP contribution in [-0.4, -0.2) is 19.3 Å². The highest BCUT2D eigenvalue weighted by Crippen LogP contribution is 2.25. The summed E-state index contributed by atoms with van der Waals surface area (Å²) in [6, 6.07) is 15.1. The quantitative estimate of drug-likeness (QED) is 0.896. The fourth-order valence-electron chi connectivity index (χ4n) is 2.22. The van der Waals surface area contributed by atoms with E-state index in [1.54, 1.807) is 0 Å². The summed E-state index contributed by atoms with van der Waals surface area (Å²) in [5.74, 6) is 0. The van der Waals surface area contributed by atoms with Crippen molar-refractivity contribution in [2.75, 3.05) is 13.7 Å². The van der Waals surface area contributed by atoms with E-state index in [0.717, 1.165) is 0 Å². The first-order valence-electron chi connectivity index (χ1n) is 6.80. The summed E-state index contributed by atoms with van der Waals surface area (Å²) in [4.78, 5) is 0. The fourth-order valence-corrected chi connectivity index (χ4v) is 2.22. The lowest BCUT2D eigenvalue weighted by molar-refractivity contribution is -0.0137. The number of benzene rings is 2. The molecule has 0 saturated heterocycles. The first kappa shape index (κ1) is 14.0. The van der Waals surface area contributed by atoms with Gasteiger partial charge >= 0.3 is 0 Å². The van der Waals surface area contributed by atoms with Crippen LogP contribution in [0.25, 0.3) is 10.8 Å². The van der Waals surface area contributed by atoms with Gasteiger partial charge in [-0.1, -0.05) is 42.5 Å². The molecule has 2 heteroatoms. The highest BCUT2D eigenvalue weighted by Gasteiger charge is 2.17. The van der Waals surface area contributed by atoms with Gasteiger partial charge in [-0.15, -0.1) is 0 Å². The summed E-state index contributed by atoms with van der Waals surface area (Å²) in [6.07, 6.45) is 0. The lowest BCUT2D eigenvalue weighted by atomic mass is 9.99. The molecule has 2 nitrogen and oxygen atoms in total. The summed E-state index contributed by atoms with van der Waals surface area (Å²) in [5, 5.41) is 5.93. The molecule has 0 aliphatic carbocycles. The van der Waals surface area contributed by atoms with Crippen molar-refractivity contribution < 1.29 is 4.74 Å². The maximum atomic E-state index is 5.92. The van der Waals surface area contributed by atoms with Gasteiger partial charge in [-0.2, -0.15) is 0 Å². The predicted octanol–water partition coefficient (Wildman–Crippen LogP) is 3.92. The minimum atomic E-state index is -0.111. The average molecular weight is 257 g/mol. The maximum Gasteiger partial charge on any atom is 0.0668 e. The van der Waals surface area contributed by atoms with Gasteiger partial charge in [0.05, 0.1) is 18.2 Å². The van der Waals surface area contributed by atoms with Crippen LogP contribution in [0.3, 0.4) is 0 Å². The van der Waals surface area contributed by atoms with E-state index in [4.69, 9.17) is 4.74 Å². The number of rotatable bonds is 4. The van der Waals surface area contributed by atoms with Crippen LogP contribution in [0, 0.1) is 0 Å². The van der Waals surface area contributed by atoms with Gasteiger partial charge in [-0.05, 0) is 44.2 Å². The van der Waals surface area contributed by atoms with E-state index in [1.165, 1.54) is 16.3 Å². The summed E-state index contributed by atoms with van der Waals surface area (Å²) < 4.78 is 5.92. The molecule has 2 aromatic rings. The van der Waals surface area contributed by atoms with Gasteiger partial charge in [0.15, 0.2) is 0 Å². The molecule has 0 aromatic heterocycles. The summed E-state index contributed by atoms with van der Waals surface area (Å²) in [5.41, 5.74) is 1.18. The van der Waals surface area contributed by atoms with Gasteiger partial charge in [0, 0.05) is 0 Å². The zero-order valence-electron chi connectivity index (χ0n) is 12.2. The number of fused-ring (bicyclic) bond motifs is 1. The van der Waals surface area contributed by atoms with E-state index in [-0.39, 0.29) is 11.6 Å². The molecule has 1 unspecified atom stereocenters. The monoisotopic (exact) mass is 257 g/mol. The molecule has 0 aliphatic heterocycles. The van der Waals surface area contributed by atoms with Crippen molar-refractivity contribution >= 4 is 10.8 Å². The van der Waals surface area contributed by atoms with E-state index in [2.05, 4.69) is 68.6 Å². The van der Waals surface area contributed by atoms with Gasteiger partial charge in [-0.25, -0.2) is 0 Å². The summed E-state index contributed by atoms with van der Waals surface area (Å²) in [6.45, 7) is 6.93. The van der Waals surface area contributed by atoms with Crippen molar-refractivity contribution in [2.24, 2.45) is 0 Å². The summed E-state index contributed by atoms with van der Waals surface area (Å²) >= 11 is 0. The molecule has 102 valence electrons. The lowest BCUT2D eigenvalue weighted by Gasteiger charge is -2.25. The Labute approximate surface area is 115 Å². The Morgan fingerprint density at radius 2 is 1.74 bits per heavy atom. The molecule has 0 amide bonds. The lowest BCUT2D eigenvalue weighted by Crippen LogP contribution is -2.28. The number of hydrogen-bond donors (Lipinski definition) is 1. The van der Waals surface area contributed by atoms with Crippen LogP contribution in [-0.2, 0) is 4.74 Å². The maximum absolute atomic E-state index is 5.92. The topological polar surface area (TPSA) is 21.3 Å². The Morgan fingerprint density at radius 3 is 2.42 bits per heavy atom. The molecule has 0 aliphatic rings. The van der Waals surface area contributed by atoms with Gasteiger partial charge < -0.3 is 10.1 Å². The van der Waals surface area contributed by atoms with Crippen LogP contribution < -0.4 is 5.32 Å². The molecular weight excluding hydrogens is 234 g/mol. The number of nitrogens with one attached hydrogen (secondary N) is 1. The Hall–Kier alpha value is -1.38. The van der Waals surface area contributed by atoms with Crippen LogP contribution in [0.4, 0.5) is 0 Å². The van der Waals surface area contributed by atoms with Crippen molar-refractivity contribution in [3.63, 3.8) is 0 Å². The zero-order chi connectivity index (χ0) is 13.9. The predicted molar refractivity (Wildman–Crippen MR) is 81.5 cm³/mol. The Bertz CT molecular complexity index is 537. The number of ether oxygens (including phenoxy) is 1. The molecule has 0 saturated carbocycles. The van der Waals surface area contributed by atoms with Gasteiger partial charge in [-0.3, -0.25) is 0 Å². The first-order valence-corrected chi connectivity index (χ1v) is 6.80. The molecule has 1 N–H and O–H groups in total. The van der Waals surface area contributed by atoms with Crippen LogP contribution in [0.5, 0.6) is 0 Å². The minimum Gasteiger partial charge on any atom is -0.374 e. The van der Waals surface area contributed by atoms with E-state index in [9.17, 15) is 0 Å². The van der Waals surface area contributed by atoms with Crippen molar-refractivity contribution in [3.8, 4) is 0 Å². The standard InChI is InChI=1S/C17H23NO/c1-17(2,3)19-12-16(18-4)15-11-7-9-13-8-5-6-10-14(13)15/h5-11,16,18H,12H2,1-4H3. The van der Waals surface area contributed by atoms with Crippen molar-refractivity contribution in [2.45, 2.75) is 32.4 Å². The van der Waals surface area contributed by atoms with Crippen LogP contribution in [0.15, 0.2) is 42.5 Å². The fraction of sp³-hybridized carbons (Fsp3) is 0.412. The highest BCUT2D eigenvalue weighted by atomic mass is 16.5. The normalized spacial score (nSPS) is 13.7. The second kappa shape index (κ2) is 5.72. The molecule has 0 spiro atoms. The second-order valence-corrected chi connectivity index (χ2v) is 5.83. The Balaban J connectivity index is 2.30. The largest absolute Gasteiger partial charge is 0.374 e. The van der Waals surface area contributed by atoms with Gasteiger partial charge in [0.1, 0.15) is 0 Å². The minimum absolute atomic E-state index is 0.111. The third-order valence-corrected chi connectivity index (χ3v) is 3.23. The smallest absolute Gasteiger partial charge is 0.0668 e. The Morgan fingerprint density at radius 1 is 1.05 bits per heavy atom.